The first kappa shape index (κ1) is 21.7. The van der Waals surface area contributed by atoms with E-state index in [0.29, 0.717) is 18.4 Å². The van der Waals surface area contributed by atoms with Gasteiger partial charge in [-0.05, 0) is 37.0 Å². The lowest BCUT2D eigenvalue weighted by molar-refractivity contribution is 0.0941. The Kier molecular flexibility index (Phi) is 6.04. The molecule has 1 atom stereocenters. The van der Waals surface area contributed by atoms with E-state index in [9.17, 15) is 27.5 Å². The van der Waals surface area contributed by atoms with E-state index in [1.165, 1.54) is 24.3 Å². The summed E-state index contributed by atoms with van der Waals surface area (Å²) in [6.45, 7) is 0.0117. The van der Waals surface area contributed by atoms with Gasteiger partial charge in [-0.15, -0.1) is 0 Å². The maximum absolute atomic E-state index is 13.0. The average Bonchev–Trinajstić information content (AvgIpc) is 2.68. The minimum Gasteiger partial charge on any atom is -0.501 e. The molecule has 1 aromatic carbocycles. The molecule has 0 saturated carbocycles. The van der Waals surface area contributed by atoms with E-state index in [-0.39, 0.29) is 18.8 Å². The van der Waals surface area contributed by atoms with Crippen LogP contribution in [0.3, 0.4) is 0 Å². The van der Waals surface area contributed by atoms with Crippen molar-refractivity contribution in [3.05, 3.63) is 69.7 Å². The first-order chi connectivity index (χ1) is 14.1. The Balaban J connectivity index is 1.94. The number of amides is 1. The zero-order chi connectivity index (χ0) is 21.9. The molecule has 160 valence electrons. The fourth-order valence-electron chi connectivity index (χ4n) is 3.27. The molecule has 4 N–H and O–H groups in total. The van der Waals surface area contributed by atoms with Gasteiger partial charge in [-0.2, -0.15) is 0 Å². The van der Waals surface area contributed by atoms with E-state index in [0.717, 1.165) is 6.26 Å². The summed E-state index contributed by atoms with van der Waals surface area (Å²) >= 11 is 0. The highest BCUT2D eigenvalue weighted by atomic mass is 32.2. The topological polar surface area (TPSA) is 141 Å². The van der Waals surface area contributed by atoms with Crippen molar-refractivity contribution in [1.82, 2.24) is 20.0 Å². The van der Waals surface area contributed by atoms with E-state index >= 15 is 0 Å². The first-order valence-corrected chi connectivity index (χ1v) is 11.0. The third kappa shape index (κ3) is 4.92. The van der Waals surface area contributed by atoms with Gasteiger partial charge in [0.2, 0.25) is 15.8 Å². The van der Waals surface area contributed by atoms with Crippen LogP contribution in [0.25, 0.3) is 0 Å². The molecule has 0 aliphatic heterocycles. The molecular weight excluding hydrogens is 415 g/mol. The lowest BCUT2D eigenvalue weighted by Crippen LogP contribution is -2.48. The second-order valence-corrected chi connectivity index (χ2v) is 8.84. The number of nitrogens with one attached hydrogen (secondary N) is 3. The summed E-state index contributed by atoms with van der Waals surface area (Å²) < 4.78 is 39.3. The lowest BCUT2D eigenvalue weighted by atomic mass is 9.86. The van der Waals surface area contributed by atoms with Crippen molar-refractivity contribution in [1.29, 1.82) is 0 Å². The fraction of sp³-hybridized carbons (Fsp3) is 0.316. The van der Waals surface area contributed by atoms with Gasteiger partial charge in [-0.3, -0.25) is 9.59 Å². The number of H-pyrrole nitrogens is 1. The predicted molar refractivity (Wildman–Crippen MR) is 107 cm³/mol. The van der Waals surface area contributed by atoms with Gasteiger partial charge >= 0.3 is 0 Å². The molecule has 1 unspecified atom stereocenters. The Morgan fingerprint density at radius 1 is 1.30 bits per heavy atom. The molecule has 2 aromatic rings. The van der Waals surface area contributed by atoms with E-state index < -0.39 is 44.3 Å². The molecule has 1 heterocycles. The number of carbonyl (C=O) groups excluding carboxylic acids is 1. The van der Waals surface area contributed by atoms with Crippen LogP contribution in [0.4, 0.5) is 4.39 Å². The summed E-state index contributed by atoms with van der Waals surface area (Å²) in [4.78, 5) is 31.3. The normalized spacial score (nSPS) is 18.9. The van der Waals surface area contributed by atoms with Gasteiger partial charge in [0.1, 0.15) is 11.6 Å². The van der Waals surface area contributed by atoms with E-state index in [1.54, 1.807) is 6.08 Å². The predicted octanol–water partition coefficient (Wildman–Crippen LogP) is 1.03. The molecule has 0 fully saturated rings. The number of aromatic hydroxyl groups is 1. The summed E-state index contributed by atoms with van der Waals surface area (Å²) in [7, 11) is -3.68. The number of aromatic nitrogens is 2. The number of carbonyl (C=O) groups is 1. The molecule has 0 bridgehead atoms. The molecular formula is C19H21FN4O5S. The monoisotopic (exact) mass is 436 g/mol. The number of aromatic amines is 1. The highest BCUT2D eigenvalue weighted by molar-refractivity contribution is 7.88. The molecule has 9 nitrogen and oxygen atoms in total. The molecule has 0 spiro atoms. The van der Waals surface area contributed by atoms with E-state index in [4.69, 9.17) is 0 Å². The van der Waals surface area contributed by atoms with Crippen LogP contribution in [-0.4, -0.2) is 35.7 Å². The Bertz CT molecular complexity index is 1140. The summed E-state index contributed by atoms with van der Waals surface area (Å²) in [5, 5.41) is 12.6. The Morgan fingerprint density at radius 3 is 2.60 bits per heavy atom. The van der Waals surface area contributed by atoms with Crippen molar-refractivity contribution >= 4 is 15.9 Å². The SMILES string of the molecule is CS(=O)(=O)NC1(c2nc(C(=O)NCc3ccc(F)cc3)c(O)c(=O)[nH]2)CC=CCC1. The van der Waals surface area contributed by atoms with E-state index in [2.05, 4.69) is 20.0 Å². The van der Waals surface area contributed by atoms with Crippen LogP contribution in [0.15, 0.2) is 41.2 Å². The fourth-order valence-corrected chi connectivity index (χ4v) is 4.26. The van der Waals surface area contributed by atoms with Gasteiger partial charge in [0.05, 0.1) is 11.8 Å². The van der Waals surface area contributed by atoms with Crippen molar-refractivity contribution in [3.63, 3.8) is 0 Å². The van der Waals surface area contributed by atoms with Crippen molar-refractivity contribution in [2.24, 2.45) is 0 Å². The number of sulfonamides is 1. The van der Waals surface area contributed by atoms with Gasteiger partial charge in [-0.25, -0.2) is 22.5 Å². The molecule has 0 saturated heterocycles. The van der Waals surface area contributed by atoms with Gasteiger partial charge < -0.3 is 15.4 Å². The second kappa shape index (κ2) is 8.36. The Morgan fingerprint density at radius 2 is 2.00 bits per heavy atom. The molecule has 11 heteroatoms. The Hall–Kier alpha value is -3.05. The zero-order valence-corrected chi connectivity index (χ0v) is 16.9. The average molecular weight is 436 g/mol. The van der Waals surface area contributed by atoms with Crippen molar-refractivity contribution in [2.75, 3.05) is 6.26 Å². The molecule has 0 radical (unpaired) electrons. The molecule has 1 amide bonds. The van der Waals surface area contributed by atoms with Crippen LogP contribution in [0.5, 0.6) is 5.75 Å². The third-order valence-corrected chi connectivity index (χ3v) is 5.44. The zero-order valence-electron chi connectivity index (χ0n) is 16.1. The third-order valence-electron chi connectivity index (χ3n) is 4.68. The molecule has 30 heavy (non-hydrogen) atoms. The molecule has 1 aromatic heterocycles. The standard InChI is InChI=1S/C19H21FN4O5S/c1-30(28,29)24-19(9-3-2-4-10-19)18-22-14(15(25)17(27)23-18)16(26)21-11-12-5-7-13(20)8-6-12/h2-3,5-8,24-25H,4,9-11H2,1H3,(H,21,26)(H,22,23,27). The second-order valence-electron chi connectivity index (χ2n) is 7.09. The maximum atomic E-state index is 13.0. The number of halogens is 1. The minimum absolute atomic E-state index is 0.0117. The number of allylic oxidation sites excluding steroid dienone is 1. The smallest absolute Gasteiger partial charge is 0.293 e. The van der Waals surface area contributed by atoms with Gasteiger partial charge in [0.25, 0.3) is 11.5 Å². The van der Waals surface area contributed by atoms with Crippen LogP contribution in [0, 0.1) is 5.82 Å². The van der Waals surface area contributed by atoms with Crippen LogP contribution < -0.4 is 15.6 Å². The van der Waals surface area contributed by atoms with Crippen molar-refractivity contribution < 1.29 is 22.7 Å². The number of rotatable bonds is 6. The minimum atomic E-state index is -3.68. The summed E-state index contributed by atoms with van der Waals surface area (Å²) in [6.07, 6.45) is 5.66. The van der Waals surface area contributed by atoms with E-state index in [1.807, 2.05) is 6.08 Å². The molecule has 3 rings (SSSR count). The number of nitrogens with zero attached hydrogens (tertiary/aromatic N) is 1. The van der Waals surface area contributed by atoms with Crippen molar-refractivity contribution in [2.45, 2.75) is 31.3 Å². The summed E-state index contributed by atoms with van der Waals surface area (Å²) in [5.41, 5.74) is -2.14. The number of hydrogen-bond acceptors (Lipinski definition) is 6. The highest BCUT2D eigenvalue weighted by Crippen LogP contribution is 2.33. The lowest BCUT2D eigenvalue weighted by Gasteiger charge is -2.34. The largest absolute Gasteiger partial charge is 0.501 e. The van der Waals surface area contributed by atoms with Gasteiger partial charge in [0.15, 0.2) is 5.69 Å². The first-order valence-electron chi connectivity index (χ1n) is 9.10. The Labute approximate surface area is 172 Å². The highest BCUT2D eigenvalue weighted by Gasteiger charge is 2.38. The van der Waals surface area contributed by atoms with Gasteiger partial charge in [0, 0.05) is 6.54 Å². The van der Waals surface area contributed by atoms with Crippen LogP contribution in [0.2, 0.25) is 0 Å². The van der Waals surface area contributed by atoms with Gasteiger partial charge in [-0.1, -0.05) is 24.3 Å². The van der Waals surface area contributed by atoms with Crippen LogP contribution in [0.1, 0.15) is 41.1 Å². The molecule has 1 aliphatic carbocycles. The number of benzene rings is 1. The van der Waals surface area contributed by atoms with Crippen LogP contribution in [-0.2, 0) is 22.1 Å². The van der Waals surface area contributed by atoms with Crippen LogP contribution >= 0.6 is 0 Å². The maximum Gasteiger partial charge on any atom is 0.293 e. The summed E-state index contributed by atoms with van der Waals surface area (Å²) in [5.74, 6) is -2.19. The quantitative estimate of drug-likeness (QED) is 0.499. The summed E-state index contributed by atoms with van der Waals surface area (Å²) in [6, 6.07) is 5.43. The molecule has 1 aliphatic rings. The van der Waals surface area contributed by atoms with Crippen molar-refractivity contribution in [3.8, 4) is 5.75 Å². The number of hydrogen-bond donors (Lipinski definition) is 4.